The van der Waals surface area contributed by atoms with Gasteiger partial charge in [-0.1, -0.05) is 42.5 Å². The number of hydrogen-bond donors (Lipinski definition) is 2. The number of hydrogen-bond acceptors (Lipinski definition) is 2. The van der Waals surface area contributed by atoms with Crippen molar-refractivity contribution in [3.05, 3.63) is 70.8 Å². The lowest BCUT2D eigenvalue weighted by atomic mass is 9.93. The molecule has 0 aliphatic carbocycles. The van der Waals surface area contributed by atoms with Gasteiger partial charge in [-0.15, -0.1) is 0 Å². The average molecular weight is 305 g/mol. The third-order valence-electron chi connectivity index (χ3n) is 3.56. The zero-order valence-corrected chi connectivity index (χ0v) is 12.1. The van der Waals surface area contributed by atoms with Crippen LogP contribution < -0.4 is 5.73 Å². The molecule has 22 heavy (non-hydrogen) atoms. The molecule has 116 valence electrons. The second-order valence-electron chi connectivity index (χ2n) is 5.22. The van der Waals surface area contributed by atoms with Crippen LogP contribution in [-0.2, 0) is 10.7 Å². The molecule has 0 saturated heterocycles. The minimum absolute atomic E-state index is 0.0704. The Morgan fingerprint density at radius 1 is 1.23 bits per heavy atom. The zero-order chi connectivity index (χ0) is 16.3. The van der Waals surface area contributed by atoms with Crippen LogP contribution in [0, 0.1) is 6.92 Å². The first-order chi connectivity index (χ1) is 10.3. The van der Waals surface area contributed by atoms with Crippen molar-refractivity contribution < 1.29 is 18.7 Å². The van der Waals surface area contributed by atoms with Crippen molar-refractivity contribution in [1.82, 2.24) is 0 Å². The molecular formula is C17H17F2NO2. The van der Waals surface area contributed by atoms with Crippen molar-refractivity contribution in [2.75, 3.05) is 0 Å². The number of carboxylic acid groups (broad SMARTS) is 1. The fourth-order valence-corrected chi connectivity index (χ4v) is 2.35. The van der Waals surface area contributed by atoms with E-state index in [4.69, 9.17) is 10.8 Å². The Balaban J connectivity index is 2.40. The highest BCUT2D eigenvalue weighted by Gasteiger charge is 2.35. The molecule has 1 atom stereocenters. The first-order valence-electron chi connectivity index (χ1n) is 6.84. The van der Waals surface area contributed by atoms with Gasteiger partial charge in [-0.3, -0.25) is 4.79 Å². The number of carboxylic acids is 1. The molecule has 0 aliphatic heterocycles. The van der Waals surface area contributed by atoms with E-state index in [1.165, 1.54) is 24.3 Å². The van der Waals surface area contributed by atoms with Gasteiger partial charge in [-0.2, -0.15) is 8.78 Å². The van der Waals surface area contributed by atoms with Crippen LogP contribution in [0.3, 0.4) is 0 Å². The molecular weight excluding hydrogens is 288 g/mol. The molecule has 0 fully saturated rings. The van der Waals surface area contributed by atoms with Crippen molar-refractivity contribution in [2.24, 2.45) is 5.73 Å². The van der Waals surface area contributed by atoms with Crippen LogP contribution in [-0.4, -0.2) is 11.1 Å². The zero-order valence-electron chi connectivity index (χ0n) is 12.1. The lowest BCUT2D eigenvalue weighted by molar-refractivity contribution is -0.137. The summed E-state index contributed by atoms with van der Waals surface area (Å²) in [6.07, 6.45) is -0.306. The van der Waals surface area contributed by atoms with E-state index in [0.29, 0.717) is 11.1 Å². The van der Waals surface area contributed by atoms with Gasteiger partial charge in [0.25, 0.3) is 5.92 Å². The molecule has 0 aliphatic rings. The maximum atomic E-state index is 14.7. The van der Waals surface area contributed by atoms with Gasteiger partial charge < -0.3 is 10.8 Å². The van der Waals surface area contributed by atoms with E-state index >= 15 is 0 Å². The number of carbonyl (C=O) groups is 1. The molecule has 0 aromatic heterocycles. The fraction of sp³-hybridized carbons (Fsp3) is 0.235. The number of alkyl halides is 2. The van der Waals surface area contributed by atoms with Crippen molar-refractivity contribution in [1.29, 1.82) is 0 Å². The quantitative estimate of drug-likeness (QED) is 0.887. The minimum atomic E-state index is -3.16. The first kappa shape index (κ1) is 16.1. The van der Waals surface area contributed by atoms with Crippen LogP contribution in [0.1, 0.15) is 34.7 Å². The third-order valence-corrected chi connectivity index (χ3v) is 3.56. The molecule has 2 aromatic rings. The molecule has 0 spiro atoms. The molecule has 2 aromatic carbocycles. The highest BCUT2D eigenvalue weighted by molar-refractivity contribution is 5.67. The Kier molecular flexibility index (Phi) is 4.56. The van der Waals surface area contributed by atoms with E-state index < -0.39 is 17.9 Å². The van der Waals surface area contributed by atoms with Crippen molar-refractivity contribution in [2.45, 2.75) is 25.3 Å². The van der Waals surface area contributed by atoms with Crippen LogP contribution in [0.4, 0.5) is 8.78 Å². The summed E-state index contributed by atoms with van der Waals surface area (Å²) in [5.74, 6) is -4.23. The normalized spacial score (nSPS) is 12.9. The van der Waals surface area contributed by atoms with E-state index in [1.807, 2.05) is 0 Å². The highest BCUT2D eigenvalue weighted by atomic mass is 19.3. The van der Waals surface area contributed by atoms with Gasteiger partial charge in [0.15, 0.2) is 0 Å². The Bertz CT molecular complexity index is 686. The van der Waals surface area contributed by atoms with E-state index in [2.05, 4.69) is 0 Å². The molecule has 3 N–H and O–H groups in total. The van der Waals surface area contributed by atoms with Crippen molar-refractivity contribution >= 4 is 5.97 Å². The molecule has 1 unspecified atom stereocenters. The Morgan fingerprint density at radius 2 is 1.91 bits per heavy atom. The number of aliphatic carboxylic acids is 1. The number of benzene rings is 2. The van der Waals surface area contributed by atoms with Gasteiger partial charge in [-0.05, 0) is 24.1 Å². The number of aryl methyl sites for hydroxylation is 1. The average Bonchev–Trinajstić information content (AvgIpc) is 2.47. The summed E-state index contributed by atoms with van der Waals surface area (Å²) in [6.45, 7) is 1.63. The van der Waals surface area contributed by atoms with Crippen LogP contribution in [0.5, 0.6) is 0 Å². The summed E-state index contributed by atoms with van der Waals surface area (Å²) < 4.78 is 29.4. The number of halogens is 2. The minimum Gasteiger partial charge on any atom is -0.481 e. The SMILES string of the molecule is Cc1ccccc1C(F)(F)c1cccc(C(N)CC(=O)O)c1. The monoisotopic (exact) mass is 305 g/mol. The first-order valence-corrected chi connectivity index (χ1v) is 6.84. The molecule has 0 bridgehead atoms. The topological polar surface area (TPSA) is 63.3 Å². The van der Waals surface area contributed by atoms with E-state index in [1.54, 1.807) is 31.2 Å². The summed E-state index contributed by atoms with van der Waals surface area (Å²) in [6, 6.07) is 11.1. The van der Waals surface area contributed by atoms with Gasteiger partial charge >= 0.3 is 5.97 Å². The summed E-state index contributed by atoms with van der Waals surface area (Å²) in [5, 5.41) is 8.76. The summed E-state index contributed by atoms with van der Waals surface area (Å²) in [7, 11) is 0. The van der Waals surface area contributed by atoms with Crippen LogP contribution in [0.2, 0.25) is 0 Å². The van der Waals surface area contributed by atoms with Crippen molar-refractivity contribution in [3.8, 4) is 0 Å². The molecule has 5 heteroatoms. The van der Waals surface area contributed by atoms with E-state index in [-0.39, 0.29) is 17.5 Å². The van der Waals surface area contributed by atoms with Gasteiger partial charge in [0, 0.05) is 17.2 Å². The van der Waals surface area contributed by atoms with Crippen LogP contribution in [0.15, 0.2) is 48.5 Å². The molecule has 2 rings (SSSR count). The maximum absolute atomic E-state index is 14.7. The number of nitrogens with two attached hydrogens (primary N) is 1. The molecule has 0 heterocycles. The molecule has 0 amide bonds. The molecule has 0 saturated carbocycles. The van der Waals surface area contributed by atoms with Gasteiger partial charge in [0.1, 0.15) is 0 Å². The van der Waals surface area contributed by atoms with Crippen LogP contribution >= 0.6 is 0 Å². The fourth-order valence-electron chi connectivity index (χ4n) is 2.35. The lowest BCUT2D eigenvalue weighted by Crippen LogP contribution is -2.19. The van der Waals surface area contributed by atoms with Gasteiger partial charge in [-0.25, -0.2) is 0 Å². The second-order valence-corrected chi connectivity index (χ2v) is 5.22. The standard InChI is InChI=1S/C17H17F2NO2/c1-11-5-2-3-8-14(11)17(18,19)13-7-4-6-12(9-13)15(20)10-16(21)22/h2-9,15H,10,20H2,1H3,(H,21,22). The summed E-state index contributed by atoms with van der Waals surface area (Å²) in [5.41, 5.74) is 6.36. The predicted octanol–water partition coefficient (Wildman–Crippen LogP) is 3.61. The van der Waals surface area contributed by atoms with Crippen LogP contribution in [0.25, 0.3) is 0 Å². The number of rotatable bonds is 5. The van der Waals surface area contributed by atoms with Crippen molar-refractivity contribution in [3.63, 3.8) is 0 Å². The van der Waals surface area contributed by atoms with Gasteiger partial charge in [0.2, 0.25) is 0 Å². The predicted molar refractivity (Wildman–Crippen MR) is 79.8 cm³/mol. The largest absolute Gasteiger partial charge is 0.481 e. The van der Waals surface area contributed by atoms with Gasteiger partial charge in [0.05, 0.1) is 6.42 Å². The maximum Gasteiger partial charge on any atom is 0.305 e. The smallest absolute Gasteiger partial charge is 0.305 e. The Morgan fingerprint density at radius 3 is 2.55 bits per heavy atom. The summed E-state index contributed by atoms with van der Waals surface area (Å²) in [4.78, 5) is 10.7. The Hall–Kier alpha value is -2.27. The lowest BCUT2D eigenvalue weighted by Gasteiger charge is -2.21. The molecule has 3 nitrogen and oxygen atoms in total. The third kappa shape index (κ3) is 3.31. The summed E-state index contributed by atoms with van der Waals surface area (Å²) >= 11 is 0. The van der Waals surface area contributed by atoms with E-state index in [9.17, 15) is 13.6 Å². The van der Waals surface area contributed by atoms with E-state index in [0.717, 1.165) is 0 Å². The highest BCUT2D eigenvalue weighted by Crippen LogP contribution is 2.38. The molecule has 0 radical (unpaired) electrons. The Labute approximate surface area is 127 Å². The second kappa shape index (κ2) is 6.23.